The van der Waals surface area contributed by atoms with Crippen LogP contribution in [0.1, 0.15) is 13.3 Å². The van der Waals surface area contributed by atoms with Gasteiger partial charge in [-0.3, -0.25) is 9.69 Å². The Morgan fingerprint density at radius 3 is 2.47 bits per heavy atom. The first-order valence-corrected chi connectivity index (χ1v) is 5.74. The van der Waals surface area contributed by atoms with Gasteiger partial charge in [-0.25, -0.2) is 0 Å². The van der Waals surface area contributed by atoms with Gasteiger partial charge in [0.1, 0.15) is 11.4 Å². The molecule has 0 saturated carbocycles. The van der Waals surface area contributed by atoms with Crippen molar-refractivity contribution >= 4 is 34.8 Å². The summed E-state index contributed by atoms with van der Waals surface area (Å²) in [6.07, 6.45) is 0.598. The van der Waals surface area contributed by atoms with Crippen LogP contribution in [0.15, 0.2) is 30.3 Å². The molecule has 1 rings (SSSR count). The van der Waals surface area contributed by atoms with E-state index in [9.17, 15) is 4.79 Å². The van der Waals surface area contributed by atoms with E-state index in [1.165, 1.54) is 4.90 Å². The standard InChI is InChI=1S/C11H13Cl2NO/c1-2-10(13)11(15)14(8-12)9-6-4-3-5-7-9/h3-7,10H,2,8H2,1H3. The molecule has 0 aliphatic carbocycles. The Labute approximate surface area is 99.8 Å². The monoisotopic (exact) mass is 245 g/mol. The second-order valence-corrected chi connectivity index (χ2v) is 3.86. The maximum atomic E-state index is 11.8. The lowest BCUT2D eigenvalue weighted by atomic mass is 10.2. The van der Waals surface area contributed by atoms with Gasteiger partial charge < -0.3 is 0 Å². The van der Waals surface area contributed by atoms with Crippen LogP contribution in [-0.2, 0) is 4.79 Å². The summed E-state index contributed by atoms with van der Waals surface area (Å²) in [5.41, 5.74) is 0.775. The van der Waals surface area contributed by atoms with Crippen LogP contribution in [0, 0.1) is 0 Å². The quantitative estimate of drug-likeness (QED) is 0.590. The van der Waals surface area contributed by atoms with E-state index in [1.807, 2.05) is 37.3 Å². The maximum absolute atomic E-state index is 11.8. The van der Waals surface area contributed by atoms with Gasteiger partial charge in [0.2, 0.25) is 5.91 Å². The number of carbonyl (C=O) groups excluding carboxylic acids is 1. The fourth-order valence-corrected chi connectivity index (χ4v) is 1.58. The van der Waals surface area contributed by atoms with Crippen molar-refractivity contribution in [3.05, 3.63) is 30.3 Å². The van der Waals surface area contributed by atoms with Gasteiger partial charge in [0.25, 0.3) is 0 Å². The third-order valence-electron chi connectivity index (χ3n) is 2.08. The van der Waals surface area contributed by atoms with Crippen molar-refractivity contribution in [2.75, 3.05) is 10.9 Å². The van der Waals surface area contributed by atoms with Gasteiger partial charge in [-0.1, -0.05) is 25.1 Å². The minimum Gasteiger partial charge on any atom is -0.297 e. The third-order valence-corrected chi connectivity index (χ3v) is 2.81. The van der Waals surface area contributed by atoms with Crippen molar-refractivity contribution < 1.29 is 4.79 Å². The molecule has 2 nitrogen and oxygen atoms in total. The number of hydrogen-bond donors (Lipinski definition) is 0. The molecule has 0 aliphatic rings. The predicted molar refractivity (Wildman–Crippen MR) is 64.6 cm³/mol. The van der Waals surface area contributed by atoms with Gasteiger partial charge in [0, 0.05) is 5.69 Å². The van der Waals surface area contributed by atoms with Crippen molar-refractivity contribution in [1.29, 1.82) is 0 Å². The summed E-state index contributed by atoms with van der Waals surface area (Å²) in [6, 6.07) is 9.39. The Morgan fingerprint density at radius 2 is 2.00 bits per heavy atom. The lowest BCUT2D eigenvalue weighted by Crippen LogP contribution is -2.35. The fourth-order valence-electron chi connectivity index (χ4n) is 1.21. The van der Waals surface area contributed by atoms with Gasteiger partial charge in [-0.05, 0) is 18.6 Å². The highest BCUT2D eigenvalue weighted by Crippen LogP contribution is 2.17. The van der Waals surface area contributed by atoms with Gasteiger partial charge in [-0.15, -0.1) is 23.2 Å². The van der Waals surface area contributed by atoms with E-state index in [2.05, 4.69) is 0 Å². The van der Waals surface area contributed by atoms with E-state index >= 15 is 0 Å². The number of benzene rings is 1. The molecule has 1 atom stereocenters. The number of rotatable bonds is 4. The minimum atomic E-state index is -0.510. The first-order valence-electron chi connectivity index (χ1n) is 4.77. The summed E-state index contributed by atoms with van der Waals surface area (Å²) < 4.78 is 0. The van der Waals surface area contributed by atoms with Crippen molar-refractivity contribution in [1.82, 2.24) is 0 Å². The first kappa shape index (κ1) is 12.3. The second-order valence-electron chi connectivity index (χ2n) is 3.10. The molecule has 0 aromatic heterocycles. The Morgan fingerprint density at radius 1 is 1.40 bits per heavy atom. The van der Waals surface area contributed by atoms with Crippen LogP contribution in [0.3, 0.4) is 0 Å². The average Bonchev–Trinajstić information content (AvgIpc) is 2.30. The van der Waals surface area contributed by atoms with E-state index < -0.39 is 5.38 Å². The van der Waals surface area contributed by atoms with Gasteiger partial charge in [0.15, 0.2) is 0 Å². The molecule has 1 amide bonds. The zero-order valence-electron chi connectivity index (χ0n) is 8.49. The smallest absolute Gasteiger partial charge is 0.246 e. The zero-order chi connectivity index (χ0) is 11.3. The molecule has 0 heterocycles. The summed E-state index contributed by atoms with van der Waals surface area (Å²) in [5.74, 6) is -0.152. The molecule has 1 aromatic carbocycles. The third kappa shape index (κ3) is 3.11. The van der Waals surface area contributed by atoms with Crippen LogP contribution in [0.25, 0.3) is 0 Å². The summed E-state index contributed by atoms with van der Waals surface area (Å²) in [6.45, 7) is 1.87. The van der Waals surface area contributed by atoms with Crippen LogP contribution in [0.5, 0.6) is 0 Å². The topological polar surface area (TPSA) is 20.3 Å². The lowest BCUT2D eigenvalue weighted by molar-refractivity contribution is -0.118. The van der Waals surface area contributed by atoms with Crippen LogP contribution in [0.4, 0.5) is 5.69 Å². The number of hydrogen-bond acceptors (Lipinski definition) is 1. The highest BCUT2D eigenvalue weighted by Gasteiger charge is 2.21. The Kier molecular flexibility index (Phi) is 4.92. The van der Waals surface area contributed by atoms with Crippen molar-refractivity contribution in [3.8, 4) is 0 Å². The Bertz CT molecular complexity index is 316. The molecular formula is C11H13Cl2NO. The van der Waals surface area contributed by atoms with Gasteiger partial charge in [-0.2, -0.15) is 0 Å². The highest BCUT2D eigenvalue weighted by molar-refractivity contribution is 6.34. The zero-order valence-corrected chi connectivity index (χ0v) is 10.0. The number of anilines is 1. The molecule has 15 heavy (non-hydrogen) atoms. The normalized spacial score (nSPS) is 12.2. The van der Waals surface area contributed by atoms with Crippen molar-refractivity contribution in [3.63, 3.8) is 0 Å². The number of nitrogens with zero attached hydrogens (tertiary/aromatic N) is 1. The molecular weight excluding hydrogens is 233 g/mol. The molecule has 0 saturated heterocycles. The predicted octanol–water partition coefficient (Wildman–Crippen LogP) is 3.23. The molecule has 0 spiro atoms. The van der Waals surface area contributed by atoms with Crippen LogP contribution in [0.2, 0.25) is 0 Å². The second kappa shape index (κ2) is 5.99. The van der Waals surface area contributed by atoms with E-state index in [-0.39, 0.29) is 11.9 Å². The minimum absolute atomic E-state index is 0.117. The molecule has 1 unspecified atom stereocenters. The number of amides is 1. The van der Waals surface area contributed by atoms with E-state index in [0.29, 0.717) is 6.42 Å². The number of alkyl halides is 2. The fraction of sp³-hybridized carbons (Fsp3) is 0.364. The summed E-state index contributed by atoms with van der Waals surface area (Å²) in [7, 11) is 0. The number of halogens is 2. The summed E-state index contributed by atoms with van der Waals surface area (Å²) in [4.78, 5) is 13.3. The maximum Gasteiger partial charge on any atom is 0.246 e. The number of para-hydroxylation sites is 1. The molecule has 4 heteroatoms. The van der Waals surface area contributed by atoms with Crippen molar-refractivity contribution in [2.24, 2.45) is 0 Å². The highest BCUT2D eigenvalue weighted by atomic mass is 35.5. The molecule has 1 aromatic rings. The average molecular weight is 246 g/mol. The Balaban J connectivity index is 2.85. The number of carbonyl (C=O) groups is 1. The van der Waals surface area contributed by atoms with Crippen LogP contribution >= 0.6 is 23.2 Å². The SMILES string of the molecule is CCC(Cl)C(=O)N(CCl)c1ccccc1. The van der Waals surface area contributed by atoms with E-state index in [0.717, 1.165) is 5.69 Å². The van der Waals surface area contributed by atoms with Gasteiger partial charge in [0.05, 0.1) is 0 Å². The van der Waals surface area contributed by atoms with Gasteiger partial charge >= 0.3 is 0 Å². The molecule has 82 valence electrons. The summed E-state index contributed by atoms with van der Waals surface area (Å²) >= 11 is 11.6. The molecule has 0 bridgehead atoms. The van der Waals surface area contributed by atoms with Crippen LogP contribution < -0.4 is 4.90 Å². The molecule has 0 aliphatic heterocycles. The lowest BCUT2D eigenvalue weighted by Gasteiger charge is -2.21. The molecule has 0 radical (unpaired) electrons. The summed E-state index contributed by atoms with van der Waals surface area (Å²) in [5, 5.41) is -0.510. The van der Waals surface area contributed by atoms with Crippen molar-refractivity contribution in [2.45, 2.75) is 18.7 Å². The van der Waals surface area contributed by atoms with Crippen LogP contribution in [-0.4, -0.2) is 17.3 Å². The van der Waals surface area contributed by atoms with E-state index in [4.69, 9.17) is 23.2 Å². The van der Waals surface area contributed by atoms with E-state index in [1.54, 1.807) is 0 Å². The molecule has 0 fully saturated rings. The first-order chi connectivity index (χ1) is 7.20. The Hall–Kier alpha value is -0.730. The largest absolute Gasteiger partial charge is 0.297 e. The molecule has 0 N–H and O–H groups in total.